The van der Waals surface area contributed by atoms with Gasteiger partial charge >= 0.3 is 6.18 Å². The number of pyridine rings is 1. The van der Waals surface area contributed by atoms with Gasteiger partial charge in [-0.1, -0.05) is 0 Å². The molecule has 0 aliphatic rings. The molecule has 0 spiro atoms. The molecule has 0 aromatic carbocycles. The average molecular weight is 281 g/mol. The van der Waals surface area contributed by atoms with Crippen LogP contribution in [0.3, 0.4) is 0 Å². The Morgan fingerprint density at radius 3 is 2.65 bits per heavy atom. The minimum absolute atomic E-state index is 0.0177. The van der Waals surface area contributed by atoms with E-state index in [2.05, 4.69) is 20.3 Å². The third-order valence-electron chi connectivity index (χ3n) is 2.35. The van der Waals surface area contributed by atoms with Gasteiger partial charge < -0.3 is 4.74 Å². The molecule has 9 heteroatoms. The van der Waals surface area contributed by atoms with Gasteiger partial charge in [-0.25, -0.2) is 0 Å². The first-order valence-corrected chi connectivity index (χ1v) is 5.41. The third kappa shape index (κ3) is 2.25. The predicted octanol–water partition coefficient (Wildman–Crippen LogP) is 2.33. The van der Waals surface area contributed by atoms with Crippen LogP contribution in [0.15, 0.2) is 36.7 Å². The molecule has 0 saturated heterocycles. The van der Waals surface area contributed by atoms with Gasteiger partial charge in [0.15, 0.2) is 5.65 Å². The summed E-state index contributed by atoms with van der Waals surface area (Å²) in [7, 11) is 0. The SMILES string of the molecule is FC(F)(F)c1nnc2ccc(Oc3cccnc3)nn12. The minimum atomic E-state index is -4.64. The molecule has 0 N–H and O–H groups in total. The Balaban J connectivity index is 2.02. The number of halogens is 3. The van der Waals surface area contributed by atoms with Gasteiger partial charge in [0.1, 0.15) is 5.75 Å². The van der Waals surface area contributed by atoms with E-state index < -0.39 is 12.0 Å². The second-order valence-electron chi connectivity index (χ2n) is 3.75. The summed E-state index contributed by atoms with van der Waals surface area (Å²) in [6.07, 6.45) is -1.67. The molecule has 0 aliphatic heterocycles. The maximum atomic E-state index is 12.7. The fourth-order valence-electron chi connectivity index (χ4n) is 1.53. The van der Waals surface area contributed by atoms with Crippen LogP contribution in [0.2, 0.25) is 0 Å². The van der Waals surface area contributed by atoms with Crippen LogP contribution in [0.4, 0.5) is 13.2 Å². The lowest BCUT2D eigenvalue weighted by Crippen LogP contribution is -2.12. The molecule has 3 heterocycles. The fourth-order valence-corrected chi connectivity index (χ4v) is 1.53. The van der Waals surface area contributed by atoms with Crippen molar-refractivity contribution in [3.8, 4) is 11.6 Å². The zero-order chi connectivity index (χ0) is 14.2. The van der Waals surface area contributed by atoms with Crippen molar-refractivity contribution in [2.24, 2.45) is 0 Å². The molecule has 0 radical (unpaired) electrons. The normalized spacial score (nSPS) is 11.8. The van der Waals surface area contributed by atoms with Crippen molar-refractivity contribution >= 4 is 5.65 Å². The zero-order valence-electron chi connectivity index (χ0n) is 9.74. The molecule has 0 saturated carbocycles. The summed E-state index contributed by atoms with van der Waals surface area (Å²) in [5, 5.41) is 10.2. The fraction of sp³-hybridized carbons (Fsp3) is 0.0909. The molecule has 102 valence electrons. The Labute approximate surface area is 109 Å². The quantitative estimate of drug-likeness (QED) is 0.721. The number of hydrogen-bond donors (Lipinski definition) is 0. The van der Waals surface area contributed by atoms with Crippen molar-refractivity contribution in [1.29, 1.82) is 0 Å². The monoisotopic (exact) mass is 281 g/mol. The second-order valence-corrected chi connectivity index (χ2v) is 3.75. The number of alkyl halides is 3. The van der Waals surface area contributed by atoms with Crippen molar-refractivity contribution in [1.82, 2.24) is 24.8 Å². The molecule has 0 amide bonds. The Kier molecular flexibility index (Phi) is 2.74. The highest BCUT2D eigenvalue weighted by Gasteiger charge is 2.37. The van der Waals surface area contributed by atoms with E-state index in [1.807, 2.05) is 0 Å². The van der Waals surface area contributed by atoms with E-state index in [1.54, 1.807) is 18.3 Å². The lowest BCUT2D eigenvalue weighted by atomic mass is 10.4. The molecule has 20 heavy (non-hydrogen) atoms. The van der Waals surface area contributed by atoms with Crippen LogP contribution >= 0.6 is 0 Å². The van der Waals surface area contributed by atoms with Crippen LogP contribution < -0.4 is 4.74 Å². The van der Waals surface area contributed by atoms with E-state index >= 15 is 0 Å². The number of fused-ring (bicyclic) bond motifs is 1. The lowest BCUT2D eigenvalue weighted by molar-refractivity contribution is -0.146. The number of ether oxygens (including phenoxy) is 1. The summed E-state index contributed by atoms with van der Waals surface area (Å²) in [4.78, 5) is 3.83. The smallest absolute Gasteiger partial charge is 0.436 e. The van der Waals surface area contributed by atoms with Gasteiger partial charge in [-0.2, -0.15) is 17.7 Å². The molecular formula is C11H6F3N5O. The first-order valence-electron chi connectivity index (χ1n) is 5.41. The first-order chi connectivity index (χ1) is 9.54. The third-order valence-corrected chi connectivity index (χ3v) is 2.35. The minimum Gasteiger partial charge on any atom is -0.436 e. The van der Waals surface area contributed by atoms with Crippen LogP contribution in [0.5, 0.6) is 11.6 Å². The van der Waals surface area contributed by atoms with Gasteiger partial charge in [0.2, 0.25) is 5.88 Å². The molecule has 3 aromatic rings. The van der Waals surface area contributed by atoms with E-state index in [-0.39, 0.29) is 11.5 Å². The number of rotatable bonds is 2. The second kappa shape index (κ2) is 4.44. The highest BCUT2D eigenvalue weighted by Crippen LogP contribution is 2.28. The largest absolute Gasteiger partial charge is 0.453 e. The van der Waals surface area contributed by atoms with Crippen molar-refractivity contribution in [3.05, 3.63) is 42.5 Å². The lowest BCUT2D eigenvalue weighted by Gasteiger charge is -2.06. The molecule has 0 fully saturated rings. The highest BCUT2D eigenvalue weighted by atomic mass is 19.4. The first kappa shape index (κ1) is 12.3. The topological polar surface area (TPSA) is 65.2 Å². The van der Waals surface area contributed by atoms with Gasteiger partial charge in [0.25, 0.3) is 5.82 Å². The molecule has 0 atom stereocenters. The van der Waals surface area contributed by atoms with Crippen LogP contribution in [-0.4, -0.2) is 24.8 Å². The molecule has 0 bridgehead atoms. The zero-order valence-corrected chi connectivity index (χ0v) is 9.74. The Morgan fingerprint density at radius 1 is 1.10 bits per heavy atom. The van der Waals surface area contributed by atoms with Crippen LogP contribution in [-0.2, 0) is 6.18 Å². The predicted molar refractivity (Wildman–Crippen MR) is 60.1 cm³/mol. The van der Waals surface area contributed by atoms with E-state index in [1.165, 1.54) is 18.3 Å². The Morgan fingerprint density at radius 2 is 1.95 bits per heavy atom. The molecule has 3 aromatic heterocycles. The molecule has 0 unspecified atom stereocenters. The van der Waals surface area contributed by atoms with Crippen LogP contribution in [0.25, 0.3) is 5.65 Å². The summed E-state index contributed by atoms with van der Waals surface area (Å²) in [5.74, 6) is -0.860. The number of hydrogen-bond acceptors (Lipinski definition) is 5. The summed E-state index contributed by atoms with van der Waals surface area (Å²) in [5.41, 5.74) is -0.0177. The standard InChI is InChI=1S/C11H6F3N5O/c12-11(13,14)10-17-16-8-3-4-9(18-19(8)10)20-7-2-1-5-15-6-7/h1-6H. The number of aromatic nitrogens is 5. The van der Waals surface area contributed by atoms with Gasteiger partial charge in [0, 0.05) is 12.3 Å². The molecular weight excluding hydrogens is 275 g/mol. The van der Waals surface area contributed by atoms with Crippen LogP contribution in [0.1, 0.15) is 5.82 Å². The van der Waals surface area contributed by atoms with Crippen molar-refractivity contribution in [2.75, 3.05) is 0 Å². The van der Waals surface area contributed by atoms with E-state index in [0.29, 0.717) is 10.3 Å². The van der Waals surface area contributed by atoms with E-state index in [0.717, 1.165) is 0 Å². The maximum absolute atomic E-state index is 12.7. The summed E-state index contributed by atoms with van der Waals surface area (Å²) < 4.78 is 44.0. The van der Waals surface area contributed by atoms with Gasteiger partial charge in [0.05, 0.1) is 6.20 Å². The molecule has 6 nitrogen and oxygen atoms in total. The van der Waals surface area contributed by atoms with Gasteiger partial charge in [-0.15, -0.1) is 15.3 Å². The average Bonchev–Trinajstić information content (AvgIpc) is 2.83. The Bertz CT molecular complexity index is 741. The van der Waals surface area contributed by atoms with Crippen molar-refractivity contribution < 1.29 is 17.9 Å². The van der Waals surface area contributed by atoms with Gasteiger partial charge in [-0.3, -0.25) is 4.98 Å². The van der Waals surface area contributed by atoms with Crippen molar-refractivity contribution in [2.45, 2.75) is 6.18 Å². The maximum Gasteiger partial charge on any atom is 0.453 e. The van der Waals surface area contributed by atoms with Gasteiger partial charge in [-0.05, 0) is 18.2 Å². The molecule has 3 rings (SSSR count). The Hall–Kier alpha value is -2.71. The number of nitrogens with zero attached hydrogens (tertiary/aromatic N) is 5. The van der Waals surface area contributed by atoms with E-state index in [9.17, 15) is 13.2 Å². The summed E-state index contributed by atoms with van der Waals surface area (Å²) in [6.45, 7) is 0. The summed E-state index contributed by atoms with van der Waals surface area (Å²) in [6, 6.07) is 5.97. The van der Waals surface area contributed by atoms with E-state index in [4.69, 9.17) is 4.74 Å². The van der Waals surface area contributed by atoms with Crippen molar-refractivity contribution in [3.63, 3.8) is 0 Å². The molecule has 0 aliphatic carbocycles. The summed E-state index contributed by atoms with van der Waals surface area (Å²) >= 11 is 0. The highest BCUT2D eigenvalue weighted by molar-refractivity contribution is 5.38. The van der Waals surface area contributed by atoms with Crippen LogP contribution in [0, 0.1) is 0 Å².